The molecule has 1 rings (SSSR count). The molecule has 1 fully saturated rings. The molecule has 1 saturated heterocycles. The van der Waals surface area contributed by atoms with E-state index in [0.29, 0.717) is 0 Å². The van der Waals surface area contributed by atoms with E-state index >= 15 is 0 Å². The Kier molecular flexibility index (Phi) is 3.34. The van der Waals surface area contributed by atoms with Gasteiger partial charge < -0.3 is 4.74 Å². The third kappa shape index (κ3) is 3.02. The Balaban J connectivity index is 2.31. The van der Waals surface area contributed by atoms with Crippen LogP contribution >= 0.6 is 0 Å². The van der Waals surface area contributed by atoms with Crippen LogP contribution in [0.1, 0.15) is 52.9 Å². The molecule has 0 amide bonds. The van der Waals surface area contributed by atoms with Crippen molar-refractivity contribution in [3.8, 4) is 0 Å². The van der Waals surface area contributed by atoms with Gasteiger partial charge in [0, 0.05) is 0 Å². The van der Waals surface area contributed by atoms with Gasteiger partial charge in [-0.2, -0.15) is 0 Å². The van der Waals surface area contributed by atoms with Crippen molar-refractivity contribution in [2.45, 2.75) is 58.5 Å². The average Bonchev–Trinajstić information content (AvgIpc) is 2.25. The topological polar surface area (TPSA) is 26.3 Å². The number of esters is 1. The smallest absolute Gasteiger partial charge is 0.309 e. The molecule has 76 valence electrons. The molecule has 0 saturated carbocycles. The Morgan fingerprint density at radius 3 is 2.62 bits per heavy atom. The number of rotatable bonds is 4. The Morgan fingerprint density at radius 2 is 2.15 bits per heavy atom. The first-order chi connectivity index (χ1) is 6.05. The lowest BCUT2D eigenvalue weighted by Crippen LogP contribution is -2.17. The van der Waals surface area contributed by atoms with E-state index in [4.69, 9.17) is 4.74 Å². The van der Waals surface area contributed by atoms with Crippen molar-refractivity contribution in [1.29, 1.82) is 0 Å². The fourth-order valence-electron chi connectivity index (χ4n) is 1.93. The third-order valence-electron chi connectivity index (χ3n) is 2.60. The van der Waals surface area contributed by atoms with Crippen LogP contribution in [-0.4, -0.2) is 11.6 Å². The van der Waals surface area contributed by atoms with E-state index in [9.17, 15) is 4.79 Å². The highest BCUT2D eigenvalue weighted by molar-refractivity contribution is 5.75. The molecule has 1 heterocycles. The molecule has 13 heavy (non-hydrogen) atoms. The first-order valence-corrected chi connectivity index (χ1v) is 5.28. The number of hydrogen-bond acceptors (Lipinski definition) is 2. The van der Waals surface area contributed by atoms with Crippen LogP contribution < -0.4 is 0 Å². The number of ether oxygens (including phenoxy) is 1. The molecular weight excluding hydrogens is 164 g/mol. The van der Waals surface area contributed by atoms with Crippen molar-refractivity contribution in [2.24, 2.45) is 5.92 Å². The SMILES string of the molecule is CCCCCC1CC(C)(C)OC1=O. The summed E-state index contributed by atoms with van der Waals surface area (Å²) in [4.78, 5) is 11.4. The minimum Gasteiger partial charge on any atom is -0.459 e. The lowest BCUT2D eigenvalue weighted by atomic mass is 9.93. The Bertz CT molecular complexity index is 185. The number of hydrogen-bond donors (Lipinski definition) is 0. The zero-order chi connectivity index (χ0) is 9.90. The minimum absolute atomic E-state index is 0.0149. The van der Waals surface area contributed by atoms with Crippen LogP contribution in [0, 0.1) is 5.92 Å². The van der Waals surface area contributed by atoms with Crippen LogP contribution in [0.3, 0.4) is 0 Å². The molecular formula is C11H20O2. The van der Waals surface area contributed by atoms with Crippen molar-refractivity contribution in [3.05, 3.63) is 0 Å². The van der Waals surface area contributed by atoms with Crippen LogP contribution in [0.5, 0.6) is 0 Å². The Labute approximate surface area is 80.7 Å². The Morgan fingerprint density at radius 1 is 1.46 bits per heavy atom. The van der Waals surface area contributed by atoms with Crippen molar-refractivity contribution >= 4 is 5.97 Å². The quantitative estimate of drug-likeness (QED) is 0.496. The molecule has 1 aliphatic rings. The second kappa shape index (κ2) is 4.12. The highest BCUT2D eigenvalue weighted by Crippen LogP contribution is 2.33. The van der Waals surface area contributed by atoms with Gasteiger partial charge in [-0.3, -0.25) is 4.79 Å². The van der Waals surface area contributed by atoms with Crippen LogP contribution in [0.4, 0.5) is 0 Å². The molecule has 1 unspecified atom stereocenters. The fraction of sp³-hybridized carbons (Fsp3) is 0.909. The van der Waals surface area contributed by atoms with Crippen LogP contribution in [0.15, 0.2) is 0 Å². The highest BCUT2D eigenvalue weighted by atomic mass is 16.6. The van der Waals surface area contributed by atoms with E-state index in [0.717, 1.165) is 19.3 Å². The number of cyclic esters (lactones) is 1. The van der Waals surface area contributed by atoms with Gasteiger partial charge in [-0.05, 0) is 26.7 Å². The summed E-state index contributed by atoms with van der Waals surface area (Å²) in [5.74, 6) is 0.183. The molecule has 0 aromatic heterocycles. The van der Waals surface area contributed by atoms with Gasteiger partial charge in [0.15, 0.2) is 0 Å². The lowest BCUT2D eigenvalue weighted by Gasteiger charge is -2.14. The van der Waals surface area contributed by atoms with Gasteiger partial charge in [-0.1, -0.05) is 26.2 Å². The van der Waals surface area contributed by atoms with E-state index in [1.54, 1.807) is 0 Å². The van der Waals surface area contributed by atoms with Gasteiger partial charge in [0.2, 0.25) is 0 Å². The number of carbonyl (C=O) groups is 1. The van der Waals surface area contributed by atoms with Gasteiger partial charge in [0.25, 0.3) is 0 Å². The van der Waals surface area contributed by atoms with Gasteiger partial charge in [0.05, 0.1) is 5.92 Å². The third-order valence-corrected chi connectivity index (χ3v) is 2.60. The van der Waals surface area contributed by atoms with Gasteiger partial charge >= 0.3 is 5.97 Å². The summed E-state index contributed by atoms with van der Waals surface area (Å²) in [6, 6.07) is 0. The maximum absolute atomic E-state index is 11.4. The van der Waals surface area contributed by atoms with Crippen LogP contribution in [0.2, 0.25) is 0 Å². The van der Waals surface area contributed by atoms with E-state index in [-0.39, 0.29) is 17.5 Å². The molecule has 0 aromatic rings. The van der Waals surface area contributed by atoms with Crippen molar-refractivity contribution in [1.82, 2.24) is 0 Å². The standard InChI is InChI=1S/C11H20O2/c1-4-5-6-7-9-8-11(2,3)13-10(9)12/h9H,4-8H2,1-3H3. The monoisotopic (exact) mass is 184 g/mol. The summed E-state index contributed by atoms with van der Waals surface area (Å²) in [5.41, 5.74) is -0.214. The maximum atomic E-state index is 11.4. The van der Waals surface area contributed by atoms with Crippen molar-refractivity contribution < 1.29 is 9.53 Å². The summed E-state index contributed by atoms with van der Waals surface area (Å²) < 4.78 is 5.25. The second-order valence-corrected chi connectivity index (χ2v) is 4.58. The van der Waals surface area contributed by atoms with Crippen LogP contribution in [0.25, 0.3) is 0 Å². The predicted octanol–water partition coefficient (Wildman–Crippen LogP) is 2.91. The molecule has 2 heteroatoms. The molecule has 0 N–H and O–H groups in total. The molecule has 0 aliphatic carbocycles. The molecule has 1 aliphatic heterocycles. The van der Waals surface area contributed by atoms with E-state index in [2.05, 4.69) is 6.92 Å². The molecule has 0 radical (unpaired) electrons. The highest BCUT2D eigenvalue weighted by Gasteiger charge is 2.39. The van der Waals surface area contributed by atoms with E-state index in [1.165, 1.54) is 12.8 Å². The average molecular weight is 184 g/mol. The van der Waals surface area contributed by atoms with E-state index in [1.807, 2.05) is 13.8 Å². The first kappa shape index (κ1) is 10.6. The van der Waals surface area contributed by atoms with Gasteiger partial charge in [0.1, 0.15) is 5.60 Å². The fourth-order valence-corrected chi connectivity index (χ4v) is 1.93. The number of unbranched alkanes of at least 4 members (excludes halogenated alkanes) is 2. The molecule has 0 bridgehead atoms. The summed E-state index contributed by atoms with van der Waals surface area (Å²) in [6.07, 6.45) is 5.51. The Hall–Kier alpha value is -0.530. The molecule has 0 aromatic carbocycles. The molecule has 0 spiro atoms. The zero-order valence-electron chi connectivity index (χ0n) is 8.93. The van der Waals surface area contributed by atoms with E-state index < -0.39 is 0 Å². The van der Waals surface area contributed by atoms with Crippen molar-refractivity contribution in [3.63, 3.8) is 0 Å². The summed E-state index contributed by atoms with van der Waals surface area (Å²) in [7, 11) is 0. The molecule has 2 nitrogen and oxygen atoms in total. The molecule has 1 atom stereocenters. The zero-order valence-corrected chi connectivity index (χ0v) is 8.93. The predicted molar refractivity (Wildman–Crippen MR) is 52.4 cm³/mol. The number of carbonyl (C=O) groups excluding carboxylic acids is 1. The van der Waals surface area contributed by atoms with Crippen molar-refractivity contribution in [2.75, 3.05) is 0 Å². The minimum atomic E-state index is -0.214. The lowest BCUT2D eigenvalue weighted by molar-refractivity contribution is -0.148. The largest absolute Gasteiger partial charge is 0.459 e. The summed E-state index contributed by atoms with van der Waals surface area (Å²) in [6.45, 7) is 6.16. The van der Waals surface area contributed by atoms with Gasteiger partial charge in [-0.25, -0.2) is 0 Å². The maximum Gasteiger partial charge on any atom is 0.309 e. The first-order valence-electron chi connectivity index (χ1n) is 5.28. The summed E-state index contributed by atoms with van der Waals surface area (Å²) in [5, 5.41) is 0. The van der Waals surface area contributed by atoms with Gasteiger partial charge in [-0.15, -0.1) is 0 Å². The summed E-state index contributed by atoms with van der Waals surface area (Å²) >= 11 is 0. The van der Waals surface area contributed by atoms with Crippen LogP contribution in [-0.2, 0) is 9.53 Å². The second-order valence-electron chi connectivity index (χ2n) is 4.58. The normalized spacial score (nSPS) is 26.1.